The van der Waals surface area contributed by atoms with Crippen LogP contribution >= 0.6 is 0 Å². The molecule has 1 fully saturated rings. The van der Waals surface area contributed by atoms with E-state index in [2.05, 4.69) is 5.32 Å². The van der Waals surface area contributed by atoms with Crippen LogP contribution in [-0.2, 0) is 9.53 Å². The van der Waals surface area contributed by atoms with Gasteiger partial charge in [-0.2, -0.15) is 0 Å². The Hall–Kier alpha value is -2.61. The van der Waals surface area contributed by atoms with E-state index in [1.807, 2.05) is 25.7 Å². The van der Waals surface area contributed by atoms with Crippen molar-refractivity contribution < 1.29 is 19.1 Å². The van der Waals surface area contributed by atoms with E-state index in [4.69, 9.17) is 4.74 Å². The largest absolute Gasteiger partial charge is 0.444 e. The van der Waals surface area contributed by atoms with Gasteiger partial charge >= 0.3 is 6.09 Å². The number of carbonyl (C=O) groups is 3. The third-order valence-corrected chi connectivity index (χ3v) is 4.21. The number of rotatable bonds is 4. The maximum absolute atomic E-state index is 12.3. The molecule has 1 saturated heterocycles. The highest BCUT2D eigenvalue weighted by atomic mass is 16.6. The number of hydrogen-bond acceptors (Lipinski definition) is 5. The van der Waals surface area contributed by atoms with Crippen LogP contribution in [0, 0.1) is 0 Å². The van der Waals surface area contributed by atoms with Gasteiger partial charge in [0.1, 0.15) is 5.60 Å². The smallest absolute Gasteiger partial charge is 0.410 e. The number of benzene rings is 1. The minimum atomic E-state index is -0.513. The first-order valence-electron chi connectivity index (χ1n) is 9.37. The molecule has 1 aliphatic rings. The molecule has 0 saturated carbocycles. The van der Waals surface area contributed by atoms with Gasteiger partial charge in [0, 0.05) is 51.5 Å². The summed E-state index contributed by atoms with van der Waals surface area (Å²) in [5, 5.41) is 2.84. The average Bonchev–Trinajstić information content (AvgIpc) is 2.60. The van der Waals surface area contributed by atoms with Crippen molar-refractivity contribution >= 4 is 23.6 Å². The summed E-state index contributed by atoms with van der Waals surface area (Å²) in [5.41, 5.74) is 0.704. The van der Waals surface area contributed by atoms with E-state index in [1.165, 1.54) is 4.90 Å². The third-order valence-electron chi connectivity index (χ3n) is 4.21. The van der Waals surface area contributed by atoms with Crippen LogP contribution in [0.5, 0.6) is 0 Å². The Morgan fingerprint density at radius 2 is 1.61 bits per heavy atom. The number of nitrogens with one attached hydrogen (secondary N) is 1. The van der Waals surface area contributed by atoms with Crippen molar-refractivity contribution in [2.45, 2.75) is 26.4 Å². The van der Waals surface area contributed by atoms with Crippen molar-refractivity contribution in [2.75, 3.05) is 52.1 Å². The maximum atomic E-state index is 12.3. The normalized spacial score (nSPS) is 15.1. The van der Waals surface area contributed by atoms with Crippen LogP contribution < -0.4 is 5.32 Å². The lowest BCUT2D eigenvalue weighted by molar-refractivity contribution is -0.117. The molecule has 1 aromatic rings. The molecule has 28 heavy (non-hydrogen) atoms. The number of hydrogen-bond donors (Lipinski definition) is 1. The maximum Gasteiger partial charge on any atom is 0.410 e. The Kier molecular flexibility index (Phi) is 7.01. The molecular weight excluding hydrogens is 360 g/mol. The van der Waals surface area contributed by atoms with Crippen molar-refractivity contribution in [2.24, 2.45) is 0 Å². The molecule has 1 aromatic carbocycles. The molecule has 0 aliphatic carbocycles. The fourth-order valence-corrected chi connectivity index (χ4v) is 2.77. The monoisotopic (exact) mass is 390 g/mol. The summed E-state index contributed by atoms with van der Waals surface area (Å²) in [5.74, 6) is -0.210. The fraction of sp³-hybridized carbons (Fsp3) is 0.550. The number of ether oxygens (including phenoxy) is 1. The van der Waals surface area contributed by atoms with E-state index in [1.54, 1.807) is 43.3 Å². The average molecular weight is 390 g/mol. The number of nitrogens with zero attached hydrogens (tertiary/aromatic N) is 3. The summed E-state index contributed by atoms with van der Waals surface area (Å²) in [6.07, 6.45) is -0.316. The molecule has 3 amide bonds. The van der Waals surface area contributed by atoms with Crippen LogP contribution in [-0.4, -0.2) is 85.0 Å². The molecule has 0 spiro atoms. The molecule has 2 rings (SSSR count). The minimum absolute atomic E-state index is 0.0827. The SMILES string of the molecule is CN(C)C(=O)c1ccc(NC(=O)CN2CCN(C(=O)OC(C)(C)C)CC2)cc1. The van der Waals surface area contributed by atoms with Gasteiger partial charge in [0.2, 0.25) is 5.91 Å². The van der Waals surface area contributed by atoms with Gasteiger partial charge in [0.05, 0.1) is 6.54 Å². The Balaban J connectivity index is 1.78. The number of anilines is 1. The van der Waals surface area contributed by atoms with Crippen molar-refractivity contribution in [1.29, 1.82) is 0 Å². The summed E-state index contributed by atoms with van der Waals surface area (Å²) in [7, 11) is 3.39. The summed E-state index contributed by atoms with van der Waals surface area (Å²) < 4.78 is 5.38. The molecule has 0 aromatic heterocycles. The second-order valence-electron chi connectivity index (χ2n) is 8.07. The van der Waals surface area contributed by atoms with E-state index >= 15 is 0 Å². The number of carbonyl (C=O) groups excluding carboxylic acids is 3. The quantitative estimate of drug-likeness (QED) is 0.849. The molecule has 0 atom stereocenters. The highest BCUT2D eigenvalue weighted by Crippen LogP contribution is 2.13. The van der Waals surface area contributed by atoms with Crippen LogP contribution in [0.4, 0.5) is 10.5 Å². The van der Waals surface area contributed by atoms with E-state index in [0.717, 1.165) is 0 Å². The van der Waals surface area contributed by atoms with E-state index in [0.29, 0.717) is 37.4 Å². The van der Waals surface area contributed by atoms with Crippen LogP contribution in [0.15, 0.2) is 24.3 Å². The van der Waals surface area contributed by atoms with Gasteiger partial charge in [-0.05, 0) is 45.0 Å². The lowest BCUT2D eigenvalue weighted by atomic mass is 10.2. The van der Waals surface area contributed by atoms with Crippen LogP contribution in [0.25, 0.3) is 0 Å². The molecular formula is C20H30N4O4. The molecule has 1 heterocycles. The Bertz CT molecular complexity index is 702. The fourth-order valence-electron chi connectivity index (χ4n) is 2.77. The summed E-state index contributed by atoms with van der Waals surface area (Å²) in [4.78, 5) is 41.4. The summed E-state index contributed by atoms with van der Waals surface area (Å²) >= 11 is 0. The van der Waals surface area contributed by atoms with Gasteiger partial charge < -0.3 is 19.9 Å². The second kappa shape index (κ2) is 9.05. The van der Waals surface area contributed by atoms with Gasteiger partial charge in [-0.15, -0.1) is 0 Å². The topological polar surface area (TPSA) is 82.2 Å². The van der Waals surface area contributed by atoms with Crippen molar-refractivity contribution in [1.82, 2.24) is 14.7 Å². The molecule has 1 N–H and O–H groups in total. The molecule has 1 aliphatic heterocycles. The molecule has 0 unspecified atom stereocenters. The van der Waals surface area contributed by atoms with E-state index < -0.39 is 5.60 Å². The van der Waals surface area contributed by atoms with Crippen molar-refractivity contribution in [3.05, 3.63) is 29.8 Å². The second-order valence-corrected chi connectivity index (χ2v) is 8.07. The first-order valence-corrected chi connectivity index (χ1v) is 9.37. The van der Waals surface area contributed by atoms with Gasteiger partial charge in [-0.25, -0.2) is 4.79 Å². The Morgan fingerprint density at radius 3 is 2.11 bits per heavy atom. The van der Waals surface area contributed by atoms with Crippen molar-refractivity contribution in [3.63, 3.8) is 0 Å². The molecule has 154 valence electrons. The van der Waals surface area contributed by atoms with E-state index in [-0.39, 0.29) is 24.5 Å². The standard InChI is InChI=1S/C20H30N4O4/c1-20(2,3)28-19(27)24-12-10-23(11-13-24)14-17(25)21-16-8-6-15(7-9-16)18(26)22(4)5/h6-9H,10-14H2,1-5H3,(H,21,25). The van der Waals surface area contributed by atoms with Gasteiger partial charge in [-0.1, -0.05) is 0 Å². The van der Waals surface area contributed by atoms with Gasteiger partial charge in [-0.3, -0.25) is 14.5 Å². The van der Waals surface area contributed by atoms with Crippen LogP contribution in [0.3, 0.4) is 0 Å². The zero-order chi connectivity index (χ0) is 20.9. The van der Waals surface area contributed by atoms with Crippen LogP contribution in [0.2, 0.25) is 0 Å². The van der Waals surface area contributed by atoms with Crippen molar-refractivity contribution in [3.8, 4) is 0 Å². The number of piperazine rings is 1. The predicted molar refractivity (Wildman–Crippen MR) is 107 cm³/mol. The Morgan fingerprint density at radius 1 is 1.04 bits per heavy atom. The van der Waals surface area contributed by atoms with Crippen LogP contribution in [0.1, 0.15) is 31.1 Å². The first-order chi connectivity index (χ1) is 13.0. The highest BCUT2D eigenvalue weighted by Gasteiger charge is 2.26. The molecule has 0 bridgehead atoms. The molecule has 8 nitrogen and oxygen atoms in total. The van der Waals surface area contributed by atoms with Gasteiger partial charge in [0.15, 0.2) is 0 Å². The third kappa shape index (κ3) is 6.53. The summed E-state index contributed by atoms with van der Waals surface area (Å²) in [6, 6.07) is 6.82. The predicted octanol–water partition coefficient (Wildman–Crippen LogP) is 1.88. The lowest BCUT2D eigenvalue weighted by Gasteiger charge is -2.35. The minimum Gasteiger partial charge on any atom is -0.444 e. The molecule has 0 radical (unpaired) electrons. The zero-order valence-electron chi connectivity index (χ0n) is 17.3. The van der Waals surface area contributed by atoms with Gasteiger partial charge in [0.25, 0.3) is 5.91 Å². The lowest BCUT2D eigenvalue weighted by Crippen LogP contribution is -2.51. The van der Waals surface area contributed by atoms with E-state index in [9.17, 15) is 14.4 Å². The highest BCUT2D eigenvalue weighted by molar-refractivity contribution is 5.96. The zero-order valence-corrected chi connectivity index (χ0v) is 17.3. The summed E-state index contributed by atoms with van der Waals surface area (Å²) in [6.45, 7) is 8.07. The molecule has 8 heteroatoms. The first kappa shape index (κ1) is 21.7. The number of amides is 3. The Labute approximate surface area is 166 Å².